The fourth-order valence-electron chi connectivity index (χ4n) is 2.46. The second-order valence-corrected chi connectivity index (χ2v) is 5.49. The van der Waals surface area contributed by atoms with Crippen molar-refractivity contribution in [3.05, 3.63) is 23.8 Å². The lowest BCUT2D eigenvalue weighted by Gasteiger charge is -2.37. The van der Waals surface area contributed by atoms with Gasteiger partial charge in [-0.25, -0.2) is 0 Å². The lowest BCUT2D eigenvalue weighted by molar-refractivity contribution is 0.0879. The van der Waals surface area contributed by atoms with Crippen LogP contribution in [0.2, 0.25) is 0 Å². The highest BCUT2D eigenvalue weighted by Gasteiger charge is 2.23. The molecule has 0 spiro atoms. The molecule has 1 saturated heterocycles. The van der Waals surface area contributed by atoms with E-state index in [-0.39, 0.29) is 23.3 Å². The number of hydrogen-bond acceptors (Lipinski definition) is 5. The van der Waals surface area contributed by atoms with Gasteiger partial charge in [-0.05, 0) is 26.2 Å². The standard InChI is InChI=1S/C15H23N3O3/c1-17-6-7-18(2)11(10-17)9-16-15(20)13-5-4-12(21-3)8-14(13)19/h4-5,8,11,19H,6-7,9-10H2,1-3H3,(H,16,20). The van der Waals surface area contributed by atoms with Crippen molar-refractivity contribution in [2.45, 2.75) is 6.04 Å². The number of rotatable bonds is 4. The Morgan fingerprint density at radius 2 is 2.19 bits per heavy atom. The first-order chi connectivity index (χ1) is 10.0. The van der Waals surface area contributed by atoms with Gasteiger partial charge >= 0.3 is 0 Å². The van der Waals surface area contributed by atoms with E-state index in [4.69, 9.17) is 4.74 Å². The lowest BCUT2D eigenvalue weighted by atomic mass is 10.1. The van der Waals surface area contributed by atoms with Crippen molar-refractivity contribution >= 4 is 5.91 Å². The van der Waals surface area contributed by atoms with Crippen LogP contribution in [0, 0.1) is 0 Å². The summed E-state index contributed by atoms with van der Waals surface area (Å²) in [5.41, 5.74) is 0.266. The van der Waals surface area contributed by atoms with Gasteiger partial charge in [0, 0.05) is 38.3 Å². The van der Waals surface area contributed by atoms with Crippen molar-refractivity contribution in [2.75, 3.05) is 47.4 Å². The Hall–Kier alpha value is -1.79. The largest absolute Gasteiger partial charge is 0.507 e. The van der Waals surface area contributed by atoms with Crippen LogP contribution in [0.25, 0.3) is 0 Å². The van der Waals surface area contributed by atoms with Crippen LogP contribution in [0.4, 0.5) is 0 Å². The van der Waals surface area contributed by atoms with Gasteiger partial charge in [-0.1, -0.05) is 0 Å². The molecule has 1 atom stereocenters. The summed E-state index contributed by atoms with van der Waals surface area (Å²) in [5, 5.41) is 12.8. The van der Waals surface area contributed by atoms with E-state index >= 15 is 0 Å². The predicted molar refractivity (Wildman–Crippen MR) is 80.9 cm³/mol. The van der Waals surface area contributed by atoms with Crippen molar-refractivity contribution < 1.29 is 14.6 Å². The molecule has 0 bridgehead atoms. The maximum Gasteiger partial charge on any atom is 0.255 e. The number of piperazine rings is 1. The van der Waals surface area contributed by atoms with Gasteiger partial charge in [0.05, 0.1) is 12.7 Å². The number of likely N-dealkylation sites (N-methyl/N-ethyl adjacent to an activating group) is 2. The van der Waals surface area contributed by atoms with E-state index in [1.54, 1.807) is 12.1 Å². The molecular formula is C15H23N3O3. The Balaban J connectivity index is 1.95. The summed E-state index contributed by atoms with van der Waals surface area (Å²) in [6.45, 7) is 3.52. The summed E-state index contributed by atoms with van der Waals surface area (Å²) in [6.07, 6.45) is 0. The molecule has 2 N–H and O–H groups in total. The van der Waals surface area contributed by atoms with Gasteiger partial charge in [0.15, 0.2) is 0 Å². The van der Waals surface area contributed by atoms with Crippen LogP contribution in [-0.4, -0.2) is 74.2 Å². The second kappa shape index (κ2) is 6.78. The van der Waals surface area contributed by atoms with Gasteiger partial charge in [-0.2, -0.15) is 0 Å². The molecule has 2 rings (SSSR count). The van der Waals surface area contributed by atoms with Crippen LogP contribution in [0.1, 0.15) is 10.4 Å². The van der Waals surface area contributed by atoms with Crippen LogP contribution in [0.15, 0.2) is 18.2 Å². The molecule has 1 unspecified atom stereocenters. The van der Waals surface area contributed by atoms with Gasteiger partial charge in [0.1, 0.15) is 11.5 Å². The van der Waals surface area contributed by atoms with E-state index in [0.717, 1.165) is 19.6 Å². The maximum absolute atomic E-state index is 12.2. The number of amides is 1. The molecule has 1 amide bonds. The molecule has 0 aromatic heterocycles. The smallest absolute Gasteiger partial charge is 0.255 e. The topological polar surface area (TPSA) is 65.0 Å². The van der Waals surface area contributed by atoms with Crippen LogP contribution >= 0.6 is 0 Å². The second-order valence-electron chi connectivity index (χ2n) is 5.49. The summed E-state index contributed by atoms with van der Waals surface area (Å²) in [6, 6.07) is 4.96. The maximum atomic E-state index is 12.2. The quantitative estimate of drug-likeness (QED) is 0.840. The molecule has 1 aliphatic heterocycles. The van der Waals surface area contributed by atoms with E-state index < -0.39 is 0 Å². The van der Waals surface area contributed by atoms with Crippen LogP contribution < -0.4 is 10.1 Å². The van der Waals surface area contributed by atoms with Crippen LogP contribution in [0.3, 0.4) is 0 Å². The zero-order valence-electron chi connectivity index (χ0n) is 12.8. The van der Waals surface area contributed by atoms with Crippen molar-refractivity contribution in [2.24, 2.45) is 0 Å². The number of phenols is 1. The Kier molecular flexibility index (Phi) is 5.03. The van der Waals surface area contributed by atoms with E-state index in [2.05, 4.69) is 29.2 Å². The third-order valence-electron chi connectivity index (χ3n) is 3.93. The van der Waals surface area contributed by atoms with Gasteiger partial charge in [-0.15, -0.1) is 0 Å². The fourth-order valence-corrected chi connectivity index (χ4v) is 2.46. The Labute approximate surface area is 125 Å². The average molecular weight is 293 g/mol. The van der Waals surface area contributed by atoms with Crippen molar-refractivity contribution in [1.29, 1.82) is 0 Å². The SMILES string of the molecule is COc1ccc(C(=O)NCC2CN(C)CCN2C)c(O)c1. The highest BCUT2D eigenvalue weighted by Crippen LogP contribution is 2.23. The molecule has 0 radical (unpaired) electrons. The normalized spacial score (nSPS) is 20.2. The predicted octanol–water partition coefficient (Wildman–Crippen LogP) is 0.376. The highest BCUT2D eigenvalue weighted by molar-refractivity contribution is 5.97. The molecule has 6 heteroatoms. The molecule has 116 valence electrons. The van der Waals surface area contributed by atoms with E-state index in [9.17, 15) is 9.90 Å². The van der Waals surface area contributed by atoms with Gasteiger partial charge < -0.3 is 20.1 Å². The van der Waals surface area contributed by atoms with Crippen molar-refractivity contribution in [3.63, 3.8) is 0 Å². The van der Waals surface area contributed by atoms with Crippen LogP contribution in [0.5, 0.6) is 11.5 Å². The molecular weight excluding hydrogens is 270 g/mol. The van der Waals surface area contributed by atoms with Crippen molar-refractivity contribution in [1.82, 2.24) is 15.1 Å². The molecule has 1 aromatic carbocycles. The van der Waals surface area contributed by atoms with Gasteiger partial charge in [-0.3, -0.25) is 9.69 Å². The third-order valence-corrected chi connectivity index (χ3v) is 3.93. The van der Waals surface area contributed by atoms with Crippen molar-refractivity contribution in [3.8, 4) is 11.5 Å². The molecule has 6 nitrogen and oxygen atoms in total. The molecule has 1 aliphatic rings. The van der Waals surface area contributed by atoms with Crippen LogP contribution in [-0.2, 0) is 0 Å². The number of benzene rings is 1. The first kappa shape index (κ1) is 15.6. The fraction of sp³-hybridized carbons (Fsp3) is 0.533. The summed E-state index contributed by atoms with van der Waals surface area (Å²) in [5.74, 6) is 0.190. The number of carbonyl (C=O) groups excluding carboxylic acids is 1. The number of aromatic hydroxyl groups is 1. The van der Waals surface area contributed by atoms with E-state index in [1.165, 1.54) is 13.2 Å². The lowest BCUT2D eigenvalue weighted by Crippen LogP contribution is -2.54. The average Bonchev–Trinajstić information content (AvgIpc) is 2.47. The van der Waals surface area contributed by atoms with E-state index in [0.29, 0.717) is 12.3 Å². The number of nitrogens with one attached hydrogen (secondary N) is 1. The Morgan fingerprint density at radius 3 is 2.86 bits per heavy atom. The minimum atomic E-state index is -0.267. The van der Waals surface area contributed by atoms with Gasteiger partial charge in [0.25, 0.3) is 5.91 Å². The minimum absolute atomic E-state index is 0.0685. The third kappa shape index (κ3) is 3.86. The highest BCUT2D eigenvalue weighted by atomic mass is 16.5. The first-order valence-corrected chi connectivity index (χ1v) is 7.05. The number of nitrogens with zero attached hydrogens (tertiary/aromatic N) is 2. The Bertz CT molecular complexity index is 507. The summed E-state index contributed by atoms with van der Waals surface area (Å²) >= 11 is 0. The number of phenolic OH excluding ortho intramolecular Hbond substituents is 1. The number of hydrogen-bond donors (Lipinski definition) is 2. The Morgan fingerprint density at radius 1 is 1.43 bits per heavy atom. The summed E-state index contributed by atoms with van der Waals surface area (Å²) in [7, 11) is 5.66. The number of ether oxygens (including phenoxy) is 1. The molecule has 0 saturated carbocycles. The molecule has 1 heterocycles. The van der Waals surface area contributed by atoms with E-state index in [1.807, 2.05) is 0 Å². The molecule has 1 fully saturated rings. The number of carbonyl (C=O) groups is 1. The summed E-state index contributed by atoms with van der Waals surface area (Å²) < 4.78 is 5.01. The number of methoxy groups -OCH3 is 1. The molecule has 0 aliphatic carbocycles. The van der Waals surface area contributed by atoms with Gasteiger partial charge in [0.2, 0.25) is 0 Å². The summed E-state index contributed by atoms with van der Waals surface area (Å²) in [4.78, 5) is 16.6. The zero-order valence-corrected chi connectivity index (χ0v) is 12.8. The monoisotopic (exact) mass is 293 g/mol. The molecule has 1 aromatic rings. The minimum Gasteiger partial charge on any atom is -0.507 e. The first-order valence-electron chi connectivity index (χ1n) is 7.05. The molecule has 21 heavy (non-hydrogen) atoms. The zero-order chi connectivity index (χ0) is 15.4.